The van der Waals surface area contributed by atoms with Crippen molar-refractivity contribution in [2.75, 3.05) is 7.11 Å². The van der Waals surface area contributed by atoms with Crippen LogP contribution in [0, 0.1) is 0 Å². The predicted molar refractivity (Wildman–Crippen MR) is 112 cm³/mol. The van der Waals surface area contributed by atoms with Crippen LogP contribution in [0.25, 0.3) is 6.08 Å². The number of esters is 1. The van der Waals surface area contributed by atoms with E-state index in [0.29, 0.717) is 5.75 Å². The highest BCUT2D eigenvalue weighted by molar-refractivity contribution is 9.10. The maximum Gasteiger partial charge on any atom is 0.373 e. The molecule has 1 atom stereocenters. The third kappa shape index (κ3) is 4.73. The zero-order chi connectivity index (χ0) is 21.8. The Morgan fingerprint density at radius 3 is 2.73 bits per heavy atom. The molecular weight excluding hydrogens is 456 g/mol. The lowest BCUT2D eigenvalue weighted by Gasteiger charge is -2.14. The first kappa shape index (κ1) is 21.6. The summed E-state index contributed by atoms with van der Waals surface area (Å²) in [7, 11) is 1.24. The smallest absolute Gasteiger partial charge is 0.373 e. The van der Waals surface area contributed by atoms with Crippen LogP contribution in [0.2, 0.25) is 0 Å². The summed E-state index contributed by atoms with van der Waals surface area (Å²) < 4.78 is 16.5. The summed E-state index contributed by atoms with van der Waals surface area (Å²) in [6, 6.07) is 7.78. The molecule has 1 N–H and O–H groups in total. The largest absolute Gasteiger partial charge is 0.490 e. The molecule has 0 aliphatic carbocycles. The quantitative estimate of drug-likeness (QED) is 0.367. The number of carbonyl (C=O) groups is 3. The summed E-state index contributed by atoms with van der Waals surface area (Å²) in [6.07, 6.45) is 2.54. The van der Waals surface area contributed by atoms with Gasteiger partial charge in [0.05, 0.1) is 24.2 Å². The van der Waals surface area contributed by atoms with Gasteiger partial charge in [-0.05, 0) is 65.2 Å². The molecule has 2 aromatic rings. The third-order valence-corrected chi connectivity index (χ3v) is 5.11. The number of nitrogens with one attached hydrogen (secondary N) is 1. The van der Waals surface area contributed by atoms with Gasteiger partial charge in [0.2, 0.25) is 5.76 Å². The Labute approximate surface area is 181 Å². The molecular formula is C21H21BrN2O6. The molecule has 3 amide bonds. The van der Waals surface area contributed by atoms with Crippen LogP contribution in [0.1, 0.15) is 42.1 Å². The number of methoxy groups -OCH3 is 1. The van der Waals surface area contributed by atoms with Gasteiger partial charge in [-0.15, -0.1) is 0 Å². The van der Waals surface area contributed by atoms with E-state index in [0.717, 1.165) is 21.4 Å². The summed E-state index contributed by atoms with van der Waals surface area (Å²) in [5, 5.41) is 2.56. The highest BCUT2D eigenvalue weighted by Crippen LogP contribution is 2.28. The van der Waals surface area contributed by atoms with Crippen molar-refractivity contribution in [3.05, 3.63) is 57.6 Å². The van der Waals surface area contributed by atoms with Crippen LogP contribution in [0.15, 0.2) is 44.9 Å². The number of hydrogen-bond donors (Lipinski definition) is 1. The molecule has 0 radical (unpaired) electrons. The Bertz CT molecular complexity index is 1010. The molecule has 9 heteroatoms. The maximum absolute atomic E-state index is 12.7. The Hall–Kier alpha value is -3.07. The van der Waals surface area contributed by atoms with Crippen molar-refractivity contribution in [3.8, 4) is 5.75 Å². The van der Waals surface area contributed by atoms with Gasteiger partial charge in [-0.1, -0.05) is 13.0 Å². The van der Waals surface area contributed by atoms with Gasteiger partial charge in [-0.25, -0.2) is 9.59 Å². The van der Waals surface area contributed by atoms with E-state index in [2.05, 4.69) is 26.0 Å². The SMILES string of the molecule is CC[C@@H](C)Oc1ccc(/C=C2\NC(=O)N(Cc3ccc(C(=O)OC)o3)C2=O)cc1Br. The van der Waals surface area contributed by atoms with Gasteiger partial charge in [-0.2, -0.15) is 0 Å². The minimum Gasteiger partial charge on any atom is -0.490 e. The number of halogens is 1. The van der Waals surface area contributed by atoms with Crippen molar-refractivity contribution in [2.24, 2.45) is 0 Å². The van der Waals surface area contributed by atoms with Crippen molar-refractivity contribution in [1.82, 2.24) is 10.2 Å². The maximum atomic E-state index is 12.7. The lowest BCUT2D eigenvalue weighted by molar-refractivity contribution is -0.123. The van der Waals surface area contributed by atoms with Crippen molar-refractivity contribution >= 4 is 39.9 Å². The Kier molecular flexibility index (Phi) is 6.61. The molecule has 1 aromatic carbocycles. The molecule has 158 valence electrons. The normalized spacial score (nSPS) is 16.0. The highest BCUT2D eigenvalue weighted by Gasteiger charge is 2.34. The van der Waals surface area contributed by atoms with Crippen molar-refractivity contribution in [3.63, 3.8) is 0 Å². The van der Waals surface area contributed by atoms with Gasteiger partial charge in [0, 0.05) is 0 Å². The van der Waals surface area contributed by atoms with E-state index in [1.54, 1.807) is 18.2 Å². The highest BCUT2D eigenvalue weighted by atomic mass is 79.9. The number of carbonyl (C=O) groups excluding carboxylic acids is 3. The Morgan fingerprint density at radius 2 is 2.07 bits per heavy atom. The monoisotopic (exact) mass is 476 g/mol. The average molecular weight is 477 g/mol. The molecule has 1 aromatic heterocycles. The van der Waals surface area contributed by atoms with Crippen LogP contribution < -0.4 is 10.1 Å². The lowest BCUT2D eigenvalue weighted by Crippen LogP contribution is -2.30. The molecule has 8 nitrogen and oxygen atoms in total. The zero-order valence-electron chi connectivity index (χ0n) is 16.7. The van der Waals surface area contributed by atoms with Crippen LogP contribution in [-0.4, -0.2) is 36.0 Å². The van der Waals surface area contributed by atoms with Crippen molar-refractivity contribution in [2.45, 2.75) is 32.9 Å². The summed E-state index contributed by atoms with van der Waals surface area (Å²) in [6.45, 7) is 3.91. The molecule has 1 aliphatic heterocycles. The minimum absolute atomic E-state index is 0.000120. The van der Waals surface area contributed by atoms with E-state index < -0.39 is 17.9 Å². The fourth-order valence-corrected chi connectivity index (χ4v) is 3.20. The van der Waals surface area contributed by atoms with Crippen molar-refractivity contribution in [1.29, 1.82) is 0 Å². The summed E-state index contributed by atoms with van der Waals surface area (Å²) >= 11 is 3.47. The molecule has 1 saturated heterocycles. The van der Waals surface area contributed by atoms with E-state index in [-0.39, 0.29) is 29.9 Å². The summed E-state index contributed by atoms with van der Waals surface area (Å²) in [4.78, 5) is 37.4. The van der Waals surface area contributed by atoms with Gasteiger partial charge < -0.3 is 19.2 Å². The van der Waals surface area contributed by atoms with Crippen LogP contribution >= 0.6 is 15.9 Å². The molecule has 30 heavy (non-hydrogen) atoms. The number of urea groups is 1. The van der Waals surface area contributed by atoms with E-state index in [1.165, 1.54) is 19.2 Å². The average Bonchev–Trinajstić information content (AvgIpc) is 3.30. The number of hydrogen-bond acceptors (Lipinski definition) is 6. The summed E-state index contributed by atoms with van der Waals surface area (Å²) in [5.74, 6) is -0.138. The van der Waals surface area contributed by atoms with E-state index in [9.17, 15) is 14.4 Å². The zero-order valence-corrected chi connectivity index (χ0v) is 18.3. The Balaban J connectivity index is 1.74. The van der Waals surface area contributed by atoms with Crippen LogP contribution in [-0.2, 0) is 16.1 Å². The van der Waals surface area contributed by atoms with Gasteiger partial charge in [0.1, 0.15) is 17.2 Å². The molecule has 2 heterocycles. The van der Waals surface area contributed by atoms with Crippen LogP contribution in [0.5, 0.6) is 5.75 Å². The first-order valence-electron chi connectivity index (χ1n) is 9.30. The van der Waals surface area contributed by atoms with E-state index >= 15 is 0 Å². The van der Waals surface area contributed by atoms with Crippen molar-refractivity contribution < 1.29 is 28.3 Å². The van der Waals surface area contributed by atoms with Gasteiger partial charge in [0.25, 0.3) is 5.91 Å². The molecule has 3 rings (SSSR count). The van der Waals surface area contributed by atoms with Gasteiger partial charge in [0.15, 0.2) is 0 Å². The molecule has 0 bridgehead atoms. The van der Waals surface area contributed by atoms with E-state index in [1.807, 2.05) is 19.9 Å². The number of furan rings is 1. The minimum atomic E-state index is -0.634. The number of benzene rings is 1. The number of ether oxygens (including phenoxy) is 2. The number of amides is 3. The second-order valence-corrected chi connectivity index (χ2v) is 7.52. The first-order valence-corrected chi connectivity index (χ1v) is 10.1. The lowest BCUT2D eigenvalue weighted by atomic mass is 10.2. The molecule has 0 saturated carbocycles. The van der Waals surface area contributed by atoms with Gasteiger partial charge in [-0.3, -0.25) is 9.69 Å². The van der Waals surface area contributed by atoms with Crippen LogP contribution in [0.3, 0.4) is 0 Å². The summed E-state index contributed by atoms with van der Waals surface area (Å²) in [5.41, 5.74) is 0.858. The van der Waals surface area contributed by atoms with E-state index in [4.69, 9.17) is 9.15 Å². The second kappa shape index (κ2) is 9.17. The number of rotatable bonds is 7. The fourth-order valence-electron chi connectivity index (χ4n) is 2.71. The molecule has 1 fully saturated rings. The molecule has 1 aliphatic rings. The Morgan fingerprint density at radius 1 is 1.30 bits per heavy atom. The molecule has 0 spiro atoms. The second-order valence-electron chi connectivity index (χ2n) is 6.66. The topological polar surface area (TPSA) is 98.1 Å². The number of nitrogens with zero attached hydrogens (tertiary/aromatic N) is 1. The standard InChI is InChI=1S/C21H21BrN2O6/c1-4-12(2)29-17-7-5-13(9-15(17)22)10-16-19(25)24(21(27)23-16)11-14-6-8-18(30-14)20(26)28-3/h5-10,12H,4,11H2,1-3H3,(H,23,27)/b16-10-/t12-/m1/s1. The molecule has 0 unspecified atom stereocenters. The number of imide groups is 1. The third-order valence-electron chi connectivity index (χ3n) is 4.49. The first-order chi connectivity index (χ1) is 14.3. The van der Waals surface area contributed by atoms with Gasteiger partial charge >= 0.3 is 12.0 Å². The van der Waals surface area contributed by atoms with Crippen LogP contribution in [0.4, 0.5) is 4.79 Å². The fraction of sp³-hybridized carbons (Fsp3) is 0.286. The predicted octanol–water partition coefficient (Wildman–Crippen LogP) is 4.10.